The summed E-state index contributed by atoms with van der Waals surface area (Å²) >= 11 is 0. The van der Waals surface area contributed by atoms with E-state index >= 15 is 0 Å². The fraction of sp³-hybridized carbons (Fsp3) is 0.280. The van der Waals surface area contributed by atoms with Crippen molar-refractivity contribution in [2.24, 2.45) is 0 Å². The molecule has 0 radical (unpaired) electrons. The Kier molecular flexibility index (Phi) is 7.26. The molecule has 8 heteroatoms. The average molecular weight is 446 g/mol. The minimum atomic E-state index is -0.413. The monoisotopic (exact) mass is 445 g/mol. The lowest BCUT2D eigenvalue weighted by Gasteiger charge is -2.33. The summed E-state index contributed by atoms with van der Waals surface area (Å²) in [6, 6.07) is 18.2. The molecule has 1 aliphatic heterocycles. The lowest BCUT2D eigenvalue weighted by atomic mass is 10.2. The number of hydrogen-bond acceptors (Lipinski definition) is 6. The topological polar surface area (TPSA) is 87.7 Å². The van der Waals surface area contributed by atoms with Gasteiger partial charge >= 0.3 is 6.09 Å². The van der Waals surface area contributed by atoms with Crippen molar-refractivity contribution in [1.29, 1.82) is 0 Å². The lowest BCUT2D eigenvalue weighted by molar-refractivity contribution is 0.102. The van der Waals surface area contributed by atoms with Gasteiger partial charge in [0.25, 0.3) is 5.91 Å². The van der Waals surface area contributed by atoms with E-state index in [0.717, 1.165) is 37.4 Å². The molecule has 1 aliphatic rings. The van der Waals surface area contributed by atoms with Gasteiger partial charge in [-0.2, -0.15) is 0 Å². The summed E-state index contributed by atoms with van der Waals surface area (Å²) in [5.74, 6) is -0.0242. The van der Waals surface area contributed by atoms with Crippen molar-refractivity contribution in [1.82, 2.24) is 19.8 Å². The zero-order chi connectivity index (χ0) is 23.0. The summed E-state index contributed by atoms with van der Waals surface area (Å²) in [6.07, 6.45) is 1.95. The smallest absolute Gasteiger partial charge is 0.391 e. The Morgan fingerprint density at radius 2 is 1.76 bits per heavy atom. The van der Waals surface area contributed by atoms with Gasteiger partial charge in [-0.3, -0.25) is 14.7 Å². The Balaban J connectivity index is 1.21. The SMILES string of the molecule is Cc1cccc(CCN2CCN(C(=O)Oc3ccc(NC(=O)c4ccccc4)cn3)CC2)n1. The number of carbonyl (C=O) groups is 2. The number of rotatable bonds is 6. The molecule has 33 heavy (non-hydrogen) atoms. The van der Waals surface area contributed by atoms with Crippen LogP contribution in [0.15, 0.2) is 66.9 Å². The van der Waals surface area contributed by atoms with Crippen LogP contribution in [0.4, 0.5) is 10.5 Å². The van der Waals surface area contributed by atoms with Gasteiger partial charge in [-0.15, -0.1) is 0 Å². The number of ether oxygens (including phenoxy) is 1. The maximum absolute atomic E-state index is 12.5. The van der Waals surface area contributed by atoms with Crippen LogP contribution in [0.2, 0.25) is 0 Å². The molecular formula is C25H27N5O3. The molecule has 0 aliphatic carbocycles. The number of aryl methyl sites for hydroxylation is 1. The van der Waals surface area contributed by atoms with Gasteiger partial charge in [-0.25, -0.2) is 9.78 Å². The van der Waals surface area contributed by atoms with Crippen molar-refractivity contribution in [2.75, 3.05) is 38.0 Å². The van der Waals surface area contributed by atoms with Crippen LogP contribution in [0.1, 0.15) is 21.7 Å². The van der Waals surface area contributed by atoms with E-state index in [1.165, 1.54) is 6.20 Å². The molecule has 4 rings (SSSR count). The first kappa shape index (κ1) is 22.4. The molecule has 2 aromatic heterocycles. The minimum absolute atomic E-state index is 0.200. The standard InChI is InChI=1S/C25H27N5O3/c1-19-6-5-9-21(27-19)12-13-29-14-16-30(17-15-29)25(32)33-23-11-10-22(18-26-23)28-24(31)20-7-3-2-4-8-20/h2-11,18H,12-17H2,1H3,(H,28,31). The maximum Gasteiger partial charge on any atom is 0.416 e. The predicted molar refractivity (Wildman–Crippen MR) is 125 cm³/mol. The minimum Gasteiger partial charge on any atom is -0.391 e. The molecule has 0 saturated carbocycles. The summed E-state index contributed by atoms with van der Waals surface area (Å²) in [6.45, 7) is 5.70. The highest BCUT2D eigenvalue weighted by molar-refractivity contribution is 6.04. The van der Waals surface area contributed by atoms with Crippen LogP contribution in [-0.2, 0) is 6.42 Å². The number of nitrogens with one attached hydrogen (secondary N) is 1. The van der Waals surface area contributed by atoms with E-state index in [9.17, 15) is 9.59 Å². The highest BCUT2D eigenvalue weighted by Gasteiger charge is 2.23. The second-order valence-corrected chi connectivity index (χ2v) is 7.92. The summed E-state index contributed by atoms with van der Waals surface area (Å²) in [7, 11) is 0. The van der Waals surface area contributed by atoms with E-state index in [0.29, 0.717) is 24.3 Å². The first-order chi connectivity index (χ1) is 16.1. The molecule has 3 heterocycles. The van der Waals surface area contributed by atoms with E-state index in [1.807, 2.05) is 31.2 Å². The molecule has 0 atom stereocenters. The van der Waals surface area contributed by atoms with Crippen LogP contribution in [-0.4, -0.2) is 64.5 Å². The van der Waals surface area contributed by atoms with Crippen molar-refractivity contribution in [3.63, 3.8) is 0 Å². The van der Waals surface area contributed by atoms with E-state index < -0.39 is 6.09 Å². The average Bonchev–Trinajstić information content (AvgIpc) is 2.85. The first-order valence-corrected chi connectivity index (χ1v) is 11.0. The molecule has 3 aromatic rings. The van der Waals surface area contributed by atoms with Crippen molar-refractivity contribution < 1.29 is 14.3 Å². The van der Waals surface area contributed by atoms with Crippen molar-refractivity contribution in [2.45, 2.75) is 13.3 Å². The Bertz CT molecular complexity index is 1080. The molecule has 1 N–H and O–H groups in total. The second kappa shape index (κ2) is 10.7. The van der Waals surface area contributed by atoms with Crippen LogP contribution >= 0.6 is 0 Å². The van der Waals surface area contributed by atoms with Gasteiger partial charge in [-0.1, -0.05) is 24.3 Å². The number of pyridine rings is 2. The third kappa shape index (κ3) is 6.36. The number of nitrogens with zero attached hydrogens (tertiary/aromatic N) is 4. The highest BCUT2D eigenvalue weighted by atomic mass is 16.6. The molecular weight excluding hydrogens is 418 g/mol. The Morgan fingerprint density at radius 3 is 2.45 bits per heavy atom. The van der Waals surface area contributed by atoms with E-state index in [1.54, 1.807) is 41.3 Å². The number of anilines is 1. The van der Waals surface area contributed by atoms with Crippen molar-refractivity contribution >= 4 is 17.7 Å². The van der Waals surface area contributed by atoms with Gasteiger partial charge in [0, 0.05) is 62.2 Å². The van der Waals surface area contributed by atoms with Crippen LogP contribution < -0.4 is 10.1 Å². The van der Waals surface area contributed by atoms with Crippen LogP contribution in [0.5, 0.6) is 5.88 Å². The second-order valence-electron chi connectivity index (χ2n) is 7.92. The third-order valence-electron chi connectivity index (χ3n) is 5.48. The lowest BCUT2D eigenvalue weighted by Crippen LogP contribution is -2.50. The van der Waals surface area contributed by atoms with Crippen LogP contribution in [0.3, 0.4) is 0 Å². The summed E-state index contributed by atoms with van der Waals surface area (Å²) in [5, 5.41) is 2.77. The number of piperazine rings is 1. The molecule has 2 amide bonds. The molecule has 0 unspecified atom stereocenters. The normalized spacial score (nSPS) is 14.0. The number of amides is 2. The Hall–Kier alpha value is -3.78. The van der Waals surface area contributed by atoms with Crippen molar-refractivity contribution in [3.8, 4) is 5.88 Å². The number of aromatic nitrogens is 2. The van der Waals surface area contributed by atoms with Gasteiger partial charge in [0.2, 0.25) is 5.88 Å². The number of benzene rings is 1. The van der Waals surface area contributed by atoms with Crippen molar-refractivity contribution in [3.05, 3.63) is 83.8 Å². The van der Waals surface area contributed by atoms with E-state index in [-0.39, 0.29) is 11.8 Å². The Labute approximate surface area is 193 Å². The van der Waals surface area contributed by atoms with Gasteiger partial charge in [0.15, 0.2) is 0 Å². The van der Waals surface area contributed by atoms with Crippen LogP contribution in [0, 0.1) is 6.92 Å². The van der Waals surface area contributed by atoms with Gasteiger partial charge in [0.05, 0.1) is 11.9 Å². The zero-order valence-electron chi connectivity index (χ0n) is 18.6. The molecule has 1 fully saturated rings. The molecule has 8 nitrogen and oxygen atoms in total. The maximum atomic E-state index is 12.5. The molecule has 170 valence electrons. The molecule has 0 spiro atoms. The van der Waals surface area contributed by atoms with Gasteiger partial charge in [-0.05, 0) is 37.3 Å². The highest BCUT2D eigenvalue weighted by Crippen LogP contribution is 2.15. The fourth-order valence-corrected chi connectivity index (χ4v) is 3.63. The van der Waals surface area contributed by atoms with Crippen LogP contribution in [0.25, 0.3) is 0 Å². The number of carbonyl (C=O) groups excluding carboxylic acids is 2. The first-order valence-electron chi connectivity index (χ1n) is 11.0. The summed E-state index contributed by atoms with van der Waals surface area (Å²) in [5.41, 5.74) is 3.20. The quantitative estimate of drug-likeness (QED) is 0.626. The summed E-state index contributed by atoms with van der Waals surface area (Å²) < 4.78 is 5.41. The molecule has 0 bridgehead atoms. The van der Waals surface area contributed by atoms with E-state index in [2.05, 4.69) is 20.2 Å². The molecule has 1 saturated heterocycles. The fourth-order valence-electron chi connectivity index (χ4n) is 3.63. The van der Waals surface area contributed by atoms with E-state index in [4.69, 9.17) is 4.74 Å². The van der Waals surface area contributed by atoms with Gasteiger partial charge < -0.3 is 15.0 Å². The number of hydrogen-bond donors (Lipinski definition) is 1. The largest absolute Gasteiger partial charge is 0.416 e. The molecule has 1 aromatic carbocycles. The Morgan fingerprint density at radius 1 is 0.970 bits per heavy atom. The third-order valence-corrected chi connectivity index (χ3v) is 5.48. The zero-order valence-corrected chi connectivity index (χ0v) is 18.6. The van der Waals surface area contributed by atoms with Gasteiger partial charge in [0.1, 0.15) is 0 Å². The summed E-state index contributed by atoms with van der Waals surface area (Å²) in [4.78, 5) is 37.4. The predicted octanol–water partition coefficient (Wildman–Crippen LogP) is 3.40.